The highest BCUT2D eigenvalue weighted by Crippen LogP contribution is 2.42. The molecule has 0 saturated heterocycles. The summed E-state index contributed by atoms with van der Waals surface area (Å²) in [7, 11) is -3.02. The van der Waals surface area contributed by atoms with Crippen molar-refractivity contribution in [2.75, 3.05) is 0 Å². The van der Waals surface area contributed by atoms with Gasteiger partial charge in [0.2, 0.25) is 0 Å². The minimum Gasteiger partial charge on any atom is -0.348 e. The largest absolute Gasteiger partial charge is 0.348 e. The summed E-state index contributed by atoms with van der Waals surface area (Å²) in [5.41, 5.74) is 1.59. The molecule has 4 aromatic rings. The lowest BCUT2D eigenvalue weighted by molar-refractivity contribution is 0.0951. The number of hydrogen-bond acceptors (Lipinski definition) is 2. The van der Waals surface area contributed by atoms with E-state index in [4.69, 9.17) is 0 Å². The van der Waals surface area contributed by atoms with Crippen LogP contribution in [0.15, 0.2) is 115 Å². The lowest BCUT2D eigenvalue weighted by Crippen LogP contribution is -2.26. The number of carbonyl (C=O) groups excluding carboxylic acids is 1. The maximum atomic E-state index is 14.3. The molecule has 148 valence electrons. The highest BCUT2D eigenvalue weighted by atomic mass is 31.2. The van der Waals surface area contributed by atoms with Crippen LogP contribution in [0, 0.1) is 0 Å². The van der Waals surface area contributed by atoms with Crippen LogP contribution in [0.1, 0.15) is 15.9 Å². The van der Waals surface area contributed by atoms with Gasteiger partial charge in [-0.2, -0.15) is 0 Å². The Bertz CT molecular complexity index is 1110. The number of nitrogens with one attached hydrogen (secondary N) is 1. The standard InChI is InChI=1S/C26H22NO2P/c28-26(27-20-21-10-4-1-5-11-21)22-16-18-25(19-17-22)30(29,23-12-6-2-7-13-23)24-14-8-3-9-15-24/h1-19H,20H2,(H,27,28). The monoisotopic (exact) mass is 411 g/mol. The van der Waals surface area contributed by atoms with Crippen molar-refractivity contribution < 1.29 is 9.36 Å². The summed E-state index contributed by atoms with van der Waals surface area (Å²) in [5, 5.41) is 5.19. The van der Waals surface area contributed by atoms with E-state index in [0.717, 1.165) is 16.2 Å². The lowest BCUT2D eigenvalue weighted by atomic mass is 10.2. The Morgan fingerprint density at radius 1 is 0.600 bits per heavy atom. The zero-order valence-electron chi connectivity index (χ0n) is 16.4. The first-order valence-corrected chi connectivity index (χ1v) is 11.5. The fraction of sp³-hybridized carbons (Fsp3) is 0.0385. The molecule has 1 N–H and O–H groups in total. The fourth-order valence-corrected chi connectivity index (χ4v) is 6.07. The molecular weight excluding hydrogens is 389 g/mol. The minimum absolute atomic E-state index is 0.153. The number of amides is 1. The van der Waals surface area contributed by atoms with Gasteiger partial charge in [-0.15, -0.1) is 0 Å². The third kappa shape index (κ3) is 4.12. The van der Waals surface area contributed by atoms with Gasteiger partial charge in [-0.05, 0) is 17.7 Å². The molecule has 0 spiro atoms. The Kier molecular flexibility index (Phi) is 5.92. The van der Waals surface area contributed by atoms with Crippen molar-refractivity contribution in [1.82, 2.24) is 5.32 Å². The van der Waals surface area contributed by atoms with Crippen molar-refractivity contribution in [2.45, 2.75) is 6.54 Å². The van der Waals surface area contributed by atoms with E-state index in [1.54, 1.807) is 24.3 Å². The lowest BCUT2D eigenvalue weighted by Gasteiger charge is -2.20. The Morgan fingerprint density at radius 3 is 1.53 bits per heavy atom. The van der Waals surface area contributed by atoms with Gasteiger partial charge in [0.05, 0.1) is 0 Å². The summed E-state index contributed by atoms with van der Waals surface area (Å²) in [6.07, 6.45) is 0. The summed E-state index contributed by atoms with van der Waals surface area (Å²) in [6, 6.07) is 35.9. The van der Waals surface area contributed by atoms with Crippen LogP contribution in [0.5, 0.6) is 0 Å². The van der Waals surface area contributed by atoms with Crippen LogP contribution in [0.2, 0.25) is 0 Å². The number of hydrogen-bond donors (Lipinski definition) is 1. The Hall–Kier alpha value is -3.42. The second-order valence-electron chi connectivity index (χ2n) is 7.00. The summed E-state index contributed by atoms with van der Waals surface area (Å²) in [6.45, 7) is 0.466. The van der Waals surface area contributed by atoms with E-state index < -0.39 is 7.14 Å². The highest BCUT2D eigenvalue weighted by Gasteiger charge is 2.29. The van der Waals surface area contributed by atoms with Crippen LogP contribution in [0.25, 0.3) is 0 Å². The van der Waals surface area contributed by atoms with Gasteiger partial charge >= 0.3 is 0 Å². The third-order valence-corrected chi connectivity index (χ3v) is 8.10. The zero-order chi connectivity index (χ0) is 20.8. The van der Waals surface area contributed by atoms with Crippen LogP contribution in [-0.2, 0) is 11.1 Å². The summed E-state index contributed by atoms with van der Waals surface area (Å²) in [5.74, 6) is -0.153. The fourth-order valence-electron chi connectivity index (χ4n) is 3.43. The van der Waals surface area contributed by atoms with Crippen molar-refractivity contribution in [3.63, 3.8) is 0 Å². The molecule has 0 fully saturated rings. The topological polar surface area (TPSA) is 46.2 Å². The van der Waals surface area contributed by atoms with Gasteiger partial charge in [-0.3, -0.25) is 4.79 Å². The Labute approximate surface area is 176 Å². The second-order valence-corrected chi connectivity index (χ2v) is 9.76. The third-order valence-electron chi connectivity index (χ3n) is 5.03. The van der Waals surface area contributed by atoms with Gasteiger partial charge in [0, 0.05) is 28.0 Å². The van der Waals surface area contributed by atoms with E-state index in [-0.39, 0.29) is 5.91 Å². The molecule has 0 aliphatic rings. The zero-order valence-corrected chi connectivity index (χ0v) is 17.3. The molecule has 4 heteroatoms. The van der Waals surface area contributed by atoms with Crippen LogP contribution >= 0.6 is 7.14 Å². The Morgan fingerprint density at radius 2 is 1.03 bits per heavy atom. The molecule has 0 heterocycles. The van der Waals surface area contributed by atoms with Gasteiger partial charge in [0.15, 0.2) is 7.14 Å². The van der Waals surface area contributed by atoms with Gasteiger partial charge in [-0.25, -0.2) is 0 Å². The number of rotatable bonds is 6. The van der Waals surface area contributed by atoms with Crippen LogP contribution < -0.4 is 21.2 Å². The maximum Gasteiger partial charge on any atom is 0.251 e. The molecular formula is C26H22NO2P. The predicted octanol–water partition coefficient (Wildman–Crippen LogP) is 4.26. The van der Waals surface area contributed by atoms with Crippen molar-refractivity contribution >= 4 is 29.0 Å². The molecule has 4 aromatic carbocycles. The van der Waals surface area contributed by atoms with Gasteiger partial charge in [0.1, 0.15) is 0 Å². The molecule has 0 atom stereocenters. The smallest absolute Gasteiger partial charge is 0.251 e. The molecule has 30 heavy (non-hydrogen) atoms. The predicted molar refractivity (Wildman–Crippen MR) is 123 cm³/mol. The molecule has 0 aromatic heterocycles. The first-order valence-electron chi connectivity index (χ1n) is 9.82. The van der Waals surface area contributed by atoms with E-state index in [0.29, 0.717) is 17.4 Å². The average molecular weight is 411 g/mol. The summed E-state index contributed by atoms with van der Waals surface area (Å²) < 4.78 is 14.3. The van der Waals surface area contributed by atoms with Crippen LogP contribution in [0.3, 0.4) is 0 Å². The quantitative estimate of drug-likeness (QED) is 0.482. The van der Waals surface area contributed by atoms with E-state index in [1.165, 1.54) is 0 Å². The van der Waals surface area contributed by atoms with Gasteiger partial charge in [-0.1, -0.05) is 103 Å². The average Bonchev–Trinajstić information content (AvgIpc) is 2.84. The van der Waals surface area contributed by atoms with E-state index in [1.807, 2.05) is 91.0 Å². The molecule has 0 bridgehead atoms. The summed E-state index contributed by atoms with van der Waals surface area (Å²) >= 11 is 0. The molecule has 0 radical (unpaired) electrons. The maximum absolute atomic E-state index is 14.3. The molecule has 0 aliphatic heterocycles. The number of benzene rings is 4. The second kappa shape index (κ2) is 8.94. The van der Waals surface area contributed by atoms with Crippen molar-refractivity contribution in [1.29, 1.82) is 0 Å². The van der Waals surface area contributed by atoms with E-state index in [9.17, 15) is 9.36 Å². The van der Waals surface area contributed by atoms with Crippen molar-refractivity contribution in [3.05, 3.63) is 126 Å². The molecule has 0 aliphatic carbocycles. The van der Waals surface area contributed by atoms with Gasteiger partial charge in [0.25, 0.3) is 5.91 Å². The molecule has 4 rings (SSSR count). The highest BCUT2D eigenvalue weighted by molar-refractivity contribution is 7.85. The van der Waals surface area contributed by atoms with Crippen LogP contribution in [-0.4, -0.2) is 5.91 Å². The molecule has 0 unspecified atom stereocenters. The first kappa shape index (κ1) is 19.9. The van der Waals surface area contributed by atoms with Crippen LogP contribution in [0.4, 0.5) is 0 Å². The number of carbonyl (C=O) groups is 1. The summed E-state index contributed by atoms with van der Waals surface area (Å²) in [4.78, 5) is 12.5. The molecule has 3 nitrogen and oxygen atoms in total. The minimum atomic E-state index is -3.02. The van der Waals surface area contributed by atoms with Crippen molar-refractivity contribution in [2.24, 2.45) is 0 Å². The molecule has 0 saturated carbocycles. The SMILES string of the molecule is O=C(NCc1ccccc1)c1ccc(P(=O)(c2ccccc2)c2ccccc2)cc1. The van der Waals surface area contributed by atoms with Gasteiger partial charge < -0.3 is 9.88 Å². The Balaban J connectivity index is 1.62. The van der Waals surface area contributed by atoms with E-state index in [2.05, 4.69) is 5.32 Å². The van der Waals surface area contributed by atoms with E-state index >= 15 is 0 Å². The normalized spacial score (nSPS) is 11.1. The first-order chi connectivity index (χ1) is 14.7. The van der Waals surface area contributed by atoms with Crippen molar-refractivity contribution in [3.8, 4) is 0 Å². The molecule has 1 amide bonds.